The number of halogens is 3. The van der Waals surface area contributed by atoms with Crippen LogP contribution in [0, 0.1) is 0 Å². The van der Waals surface area contributed by atoms with Crippen molar-refractivity contribution in [2.24, 2.45) is 0 Å². The van der Waals surface area contributed by atoms with Crippen molar-refractivity contribution in [1.29, 1.82) is 0 Å². The fourth-order valence-corrected chi connectivity index (χ4v) is 2.01. The maximum atomic E-state index is 12.7. The number of alkyl halides is 3. The van der Waals surface area contributed by atoms with Gasteiger partial charge in [-0.15, -0.1) is 0 Å². The molecule has 0 N–H and O–H groups in total. The molecule has 0 saturated heterocycles. The second kappa shape index (κ2) is 5.90. The van der Waals surface area contributed by atoms with E-state index >= 15 is 0 Å². The molecule has 0 saturated carbocycles. The summed E-state index contributed by atoms with van der Waals surface area (Å²) in [5, 5.41) is 0. The summed E-state index contributed by atoms with van der Waals surface area (Å²) in [4.78, 5) is 10.4. The predicted octanol–water partition coefficient (Wildman–Crippen LogP) is 4.50. The number of hydrogen-bond donors (Lipinski definition) is 0. The van der Waals surface area contributed by atoms with Crippen LogP contribution in [0.25, 0.3) is 11.1 Å². The molecule has 0 aliphatic carbocycles. The number of aryl methyl sites for hydroxylation is 1. The van der Waals surface area contributed by atoms with E-state index in [1.165, 1.54) is 6.07 Å². The standard InChI is InChI=1S/C16H13F3O/c17-16(18,19)15-8-2-7-14(11-15)13-6-1-4-12(10-13)5-3-9-20/h1-2,4,6-11H,3,5H2. The van der Waals surface area contributed by atoms with Gasteiger partial charge in [-0.1, -0.05) is 36.4 Å². The molecule has 4 heteroatoms. The topological polar surface area (TPSA) is 17.1 Å². The van der Waals surface area contributed by atoms with Crippen molar-refractivity contribution in [2.75, 3.05) is 0 Å². The zero-order valence-electron chi connectivity index (χ0n) is 10.7. The van der Waals surface area contributed by atoms with E-state index in [9.17, 15) is 18.0 Å². The quantitative estimate of drug-likeness (QED) is 0.752. The van der Waals surface area contributed by atoms with Crippen LogP contribution in [-0.4, -0.2) is 6.29 Å². The van der Waals surface area contributed by atoms with Crippen LogP contribution in [0.4, 0.5) is 13.2 Å². The molecule has 2 aromatic carbocycles. The SMILES string of the molecule is O=CCCc1cccc(-c2cccc(C(F)(F)F)c2)c1. The van der Waals surface area contributed by atoms with Crippen molar-refractivity contribution in [3.05, 3.63) is 59.7 Å². The summed E-state index contributed by atoms with van der Waals surface area (Å²) in [7, 11) is 0. The Labute approximate surface area is 115 Å². The molecule has 0 unspecified atom stereocenters. The Balaban J connectivity index is 2.34. The summed E-state index contributed by atoms with van der Waals surface area (Å²) >= 11 is 0. The molecular weight excluding hydrogens is 265 g/mol. The van der Waals surface area contributed by atoms with Crippen LogP contribution < -0.4 is 0 Å². The monoisotopic (exact) mass is 278 g/mol. The highest BCUT2D eigenvalue weighted by Crippen LogP contribution is 2.32. The Morgan fingerprint density at radius 2 is 1.60 bits per heavy atom. The first kappa shape index (κ1) is 14.3. The molecule has 2 rings (SSSR count). The van der Waals surface area contributed by atoms with Crippen molar-refractivity contribution in [2.45, 2.75) is 19.0 Å². The molecule has 0 spiro atoms. The lowest BCUT2D eigenvalue weighted by molar-refractivity contribution is -0.137. The van der Waals surface area contributed by atoms with Crippen molar-refractivity contribution in [1.82, 2.24) is 0 Å². The van der Waals surface area contributed by atoms with E-state index in [0.29, 0.717) is 18.4 Å². The highest BCUT2D eigenvalue weighted by Gasteiger charge is 2.30. The number of carbonyl (C=O) groups is 1. The molecule has 0 aliphatic rings. The van der Waals surface area contributed by atoms with Gasteiger partial charge in [0.25, 0.3) is 0 Å². The molecule has 0 amide bonds. The van der Waals surface area contributed by atoms with Crippen molar-refractivity contribution < 1.29 is 18.0 Å². The van der Waals surface area contributed by atoms with Crippen molar-refractivity contribution >= 4 is 6.29 Å². The van der Waals surface area contributed by atoms with Crippen LogP contribution in [0.5, 0.6) is 0 Å². The van der Waals surface area contributed by atoms with Gasteiger partial charge in [-0.05, 0) is 35.2 Å². The third-order valence-corrected chi connectivity index (χ3v) is 3.00. The van der Waals surface area contributed by atoms with Crippen molar-refractivity contribution in [3.63, 3.8) is 0 Å². The summed E-state index contributed by atoms with van der Waals surface area (Å²) in [6, 6.07) is 12.5. The predicted molar refractivity (Wildman–Crippen MR) is 71.3 cm³/mol. The summed E-state index contributed by atoms with van der Waals surface area (Å²) in [6.07, 6.45) is -2.51. The fraction of sp³-hybridized carbons (Fsp3) is 0.188. The number of rotatable bonds is 4. The van der Waals surface area contributed by atoms with E-state index in [2.05, 4.69) is 0 Å². The highest BCUT2D eigenvalue weighted by molar-refractivity contribution is 5.65. The second-order valence-corrected chi connectivity index (χ2v) is 4.48. The van der Waals surface area contributed by atoms with E-state index in [0.717, 1.165) is 29.5 Å². The number of hydrogen-bond acceptors (Lipinski definition) is 1. The first-order valence-corrected chi connectivity index (χ1v) is 6.21. The Morgan fingerprint density at radius 3 is 2.25 bits per heavy atom. The molecule has 20 heavy (non-hydrogen) atoms. The summed E-state index contributed by atoms with van der Waals surface area (Å²) in [5.41, 5.74) is 1.52. The minimum Gasteiger partial charge on any atom is -0.303 e. The average molecular weight is 278 g/mol. The van der Waals surface area contributed by atoms with Crippen LogP contribution in [0.3, 0.4) is 0 Å². The van der Waals surface area contributed by atoms with Crippen LogP contribution in [0.1, 0.15) is 17.5 Å². The molecule has 2 aromatic rings. The first-order valence-electron chi connectivity index (χ1n) is 6.21. The smallest absolute Gasteiger partial charge is 0.303 e. The fourth-order valence-electron chi connectivity index (χ4n) is 2.01. The zero-order chi connectivity index (χ0) is 14.6. The minimum absolute atomic E-state index is 0.409. The van der Waals surface area contributed by atoms with E-state index < -0.39 is 11.7 Å². The molecule has 0 aliphatic heterocycles. The van der Waals surface area contributed by atoms with E-state index in [1.807, 2.05) is 12.1 Å². The van der Waals surface area contributed by atoms with Gasteiger partial charge in [0.15, 0.2) is 0 Å². The molecule has 0 fully saturated rings. The molecular formula is C16H13F3O. The number of benzene rings is 2. The Hall–Kier alpha value is -2.10. The lowest BCUT2D eigenvalue weighted by Crippen LogP contribution is -2.04. The zero-order valence-corrected chi connectivity index (χ0v) is 10.7. The number of aldehydes is 1. The van der Waals surface area contributed by atoms with Gasteiger partial charge in [0.05, 0.1) is 5.56 Å². The van der Waals surface area contributed by atoms with Gasteiger partial charge in [0.1, 0.15) is 6.29 Å². The average Bonchev–Trinajstić information content (AvgIpc) is 2.45. The second-order valence-electron chi connectivity index (χ2n) is 4.48. The molecule has 0 radical (unpaired) electrons. The van der Waals surface area contributed by atoms with E-state index in [-0.39, 0.29) is 0 Å². The Morgan fingerprint density at radius 1 is 0.950 bits per heavy atom. The summed E-state index contributed by atoms with van der Waals surface area (Å²) in [6.45, 7) is 0. The molecule has 0 bridgehead atoms. The third-order valence-electron chi connectivity index (χ3n) is 3.00. The van der Waals surface area contributed by atoms with Gasteiger partial charge < -0.3 is 4.79 Å². The maximum absolute atomic E-state index is 12.7. The molecule has 0 aromatic heterocycles. The summed E-state index contributed by atoms with van der Waals surface area (Å²) in [5.74, 6) is 0. The van der Waals surface area contributed by atoms with Crippen LogP contribution in [0.15, 0.2) is 48.5 Å². The minimum atomic E-state index is -4.34. The first-order chi connectivity index (χ1) is 9.50. The van der Waals surface area contributed by atoms with Crippen LogP contribution >= 0.6 is 0 Å². The third kappa shape index (κ3) is 3.47. The van der Waals surface area contributed by atoms with E-state index in [4.69, 9.17) is 0 Å². The summed E-state index contributed by atoms with van der Waals surface area (Å²) < 4.78 is 38.1. The van der Waals surface area contributed by atoms with Crippen LogP contribution in [0.2, 0.25) is 0 Å². The van der Waals surface area contributed by atoms with Gasteiger partial charge in [-0.2, -0.15) is 13.2 Å². The van der Waals surface area contributed by atoms with E-state index in [1.54, 1.807) is 18.2 Å². The van der Waals surface area contributed by atoms with Crippen molar-refractivity contribution in [3.8, 4) is 11.1 Å². The lowest BCUT2D eigenvalue weighted by atomic mass is 9.99. The Bertz CT molecular complexity index is 603. The normalized spacial score (nSPS) is 11.3. The Kier molecular flexibility index (Phi) is 4.23. The van der Waals surface area contributed by atoms with Gasteiger partial charge in [-0.3, -0.25) is 0 Å². The molecule has 104 valence electrons. The van der Waals surface area contributed by atoms with Crippen LogP contribution in [-0.2, 0) is 17.4 Å². The molecule has 0 atom stereocenters. The number of carbonyl (C=O) groups excluding carboxylic acids is 1. The van der Waals surface area contributed by atoms with Gasteiger partial charge in [0.2, 0.25) is 0 Å². The molecule has 0 heterocycles. The highest BCUT2D eigenvalue weighted by atomic mass is 19.4. The molecule has 1 nitrogen and oxygen atoms in total. The maximum Gasteiger partial charge on any atom is 0.416 e. The van der Waals surface area contributed by atoms with Gasteiger partial charge in [-0.25, -0.2) is 0 Å². The van der Waals surface area contributed by atoms with Gasteiger partial charge >= 0.3 is 6.18 Å². The van der Waals surface area contributed by atoms with Gasteiger partial charge in [0, 0.05) is 6.42 Å². The lowest BCUT2D eigenvalue weighted by Gasteiger charge is -2.09. The largest absolute Gasteiger partial charge is 0.416 e.